The van der Waals surface area contributed by atoms with Crippen LogP contribution in [-0.4, -0.2) is 218 Å². The van der Waals surface area contributed by atoms with Crippen molar-refractivity contribution >= 4 is 139 Å². The number of piperazine rings is 2. The summed E-state index contributed by atoms with van der Waals surface area (Å²) in [5, 5.41) is 28.6. The van der Waals surface area contributed by atoms with Crippen molar-refractivity contribution in [2.75, 3.05) is 156 Å². The molecule has 0 amide bonds. The number of esters is 2. The Kier molecular flexibility index (Phi) is 35.9. The molecule has 0 unspecified atom stereocenters. The Balaban J connectivity index is 0.000000215. The molecule has 16 rings (SSSR count). The lowest BCUT2D eigenvalue weighted by atomic mass is 9.96. The van der Waals surface area contributed by atoms with Gasteiger partial charge in [0, 0.05) is 216 Å². The second-order valence-corrected chi connectivity index (χ2v) is 46.6. The Labute approximate surface area is 856 Å². The number of sulfonamides is 2. The van der Waals surface area contributed by atoms with E-state index in [0.717, 1.165) is 168 Å². The fourth-order valence-corrected chi connectivity index (χ4v) is 24.1. The van der Waals surface area contributed by atoms with Gasteiger partial charge in [-0.1, -0.05) is 108 Å². The van der Waals surface area contributed by atoms with Gasteiger partial charge in [0.05, 0.1) is 44.5 Å². The first kappa shape index (κ1) is 107. The lowest BCUT2D eigenvalue weighted by molar-refractivity contribution is 0.0543. The highest BCUT2D eigenvalue weighted by Crippen LogP contribution is 2.47. The number of aliphatic hydroxyl groups excluding tert-OH is 2. The molecule has 4 aliphatic heterocycles. The van der Waals surface area contributed by atoms with Gasteiger partial charge in [-0.25, -0.2) is 26.4 Å². The third kappa shape index (κ3) is 28.2. The summed E-state index contributed by atoms with van der Waals surface area (Å²) < 4.78 is 98.6. The molecule has 0 aliphatic carbocycles. The lowest BCUT2D eigenvalue weighted by Gasteiger charge is -2.37. The van der Waals surface area contributed by atoms with Gasteiger partial charge in [-0.15, -0.1) is 23.5 Å². The minimum Gasteiger partial charge on any atom is -0.449 e. The highest BCUT2D eigenvalue weighted by Gasteiger charge is 2.35. The number of nitrogens with one attached hydrogen (secondary N) is 4. The summed E-state index contributed by atoms with van der Waals surface area (Å²) in [5.74, 6) is 0.0494. The Hall–Kier alpha value is -10.6. The predicted molar refractivity (Wildman–Crippen MR) is 578 cm³/mol. The van der Waals surface area contributed by atoms with Crippen LogP contribution in [0.3, 0.4) is 0 Å². The number of nitrogens with zero attached hydrogens (tertiary/aromatic N) is 8. The quantitative estimate of drug-likeness (QED) is 0.00976. The number of piperidine rings is 2. The number of carbonyl (C=O) groups is 2. The van der Waals surface area contributed by atoms with Crippen molar-refractivity contribution in [1.82, 2.24) is 18.9 Å². The number of hydrogen-bond acceptors (Lipinski definition) is 22. The highest BCUT2D eigenvalue weighted by atomic mass is 35.5. The molecule has 758 valence electrons. The van der Waals surface area contributed by atoms with E-state index in [9.17, 15) is 65.3 Å². The average Bonchev–Trinajstić information content (AvgIpc) is 1.59. The first-order valence-corrected chi connectivity index (χ1v) is 57.6. The normalized spacial score (nSPS) is 15.4. The molecule has 2 atom stereocenters. The van der Waals surface area contributed by atoms with Gasteiger partial charge in [-0.3, -0.25) is 18.6 Å². The van der Waals surface area contributed by atoms with Crippen LogP contribution in [0.4, 0.5) is 45.5 Å². The number of thioether (sulfide) groups is 2. The maximum absolute atomic E-state index is 13.8. The van der Waals surface area contributed by atoms with E-state index in [4.69, 9.17) is 32.7 Å². The van der Waals surface area contributed by atoms with E-state index in [2.05, 4.69) is 73.7 Å². The van der Waals surface area contributed by atoms with Crippen LogP contribution in [0.2, 0.25) is 10.0 Å². The molecule has 6 heterocycles. The SMILES string of the molecule is CCn1c(C)c(C(=O)OCP(=O)(O)O)c(-c2cccc(N3CCN(c4ccc(NS(=O)(=O)c5ccc(N[C@H](CCN6CCC(O)CC6)CSc6ccccc6)c(C)c5)cc4)CC3)c2)c1-c1ccc(Cl)cc1.Cc1cc(S(=O)(=O)Nc2ccc(N3CCN(c4cccc(-c5c(C(=O)OCP(=O)(O)O)c(C)n(C(C)C)c5-c5ccc(Cl)cc5)c4)CC3)cc2)ccc1N[C@H](CCN1CCC(O)CC1)CSc1ccccc1. The molecule has 0 spiro atoms. The van der Waals surface area contributed by atoms with Gasteiger partial charge in [0.25, 0.3) is 20.0 Å². The second-order valence-electron chi connectivity index (χ2n) is 37.0. The number of hydrogen-bond donors (Lipinski definition) is 10. The highest BCUT2D eigenvalue weighted by molar-refractivity contribution is 7.99. The molecule has 4 saturated heterocycles. The van der Waals surface area contributed by atoms with E-state index in [1.807, 2.05) is 196 Å². The number of halogens is 2. The predicted octanol–water partition coefficient (Wildman–Crippen LogP) is 20.5. The van der Waals surface area contributed by atoms with Crippen LogP contribution in [0.5, 0.6) is 0 Å². The van der Waals surface area contributed by atoms with E-state index >= 15 is 0 Å². The van der Waals surface area contributed by atoms with Crippen LogP contribution < -0.4 is 39.7 Å². The molecule has 143 heavy (non-hydrogen) atoms. The van der Waals surface area contributed by atoms with Crippen molar-refractivity contribution in [3.63, 3.8) is 0 Å². The third-order valence-corrected chi connectivity index (χ3v) is 33.1. The largest absolute Gasteiger partial charge is 0.449 e. The van der Waals surface area contributed by atoms with Crippen LogP contribution in [0.25, 0.3) is 44.8 Å². The van der Waals surface area contributed by atoms with Gasteiger partial charge < -0.3 is 88.4 Å². The summed E-state index contributed by atoms with van der Waals surface area (Å²) in [6, 6.07) is 76.7. The van der Waals surface area contributed by atoms with Gasteiger partial charge in [-0.2, -0.15) is 0 Å². The monoisotopic (exact) mass is 2090 g/mol. The number of rotatable bonds is 38. The molecule has 4 aliphatic rings. The summed E-state index contributed by atoms with van der Waals surface area (Å²) in [5.41, 5.74) is 15.7. The molecule has 0 radical (unpaired) electrons. The number of benzene rings is 10. The van der Waals surface area contributed by atoms with Crippen molar-refractivity contribution in [3.8, 4) is 44.8 Å². The van der Waals surface area contributed by atoms with Gasteiger partial charge in [0.15, 0.2) is 12.7 Å². The molecule has 0 saturated carbocycles. The first-order chi connectivity index (χ1) is 68.5. The molecule has 0 bridgehead atoms. The molecule has 10 N–H and O–H groups in total. The van der Waals surface area contributed by atoms with E-state index in [1.54, 1.807) is 103 Å². The third-order valence-electron chi connectivity index (χ3n) is 26.5. The zero-order chi connectivity index (χ0) is 101. The summed E-state index contributed by atoms with van der Waals surface area (Å²) >= 11 is 16.2. The Morgan fingerprint density at radius 2 is 0.797 bits per heavy atom. The summed E-state index contributed by atoms with van der Waals surface area (Å²) in [4.78, 5) is 82.3. The molecular formula is C107H126Cl2N12O16P2S4. The van der Waals surface area contributed by atoms with Gasteiger partial charge >= 0.3 is 27.1 Å². The molecule has 12 aromatic rings. The van der Waals surface area contributed by atoms with Crippen molar-refractivity contribution in [2.24, 2.45) is 0 Å². The Bertz CT molecular complexity index is 6720. The first-order valence-electron chi connectivity index (χ1n) is 48.3. The molecule has 36 heteroatoms. The van der Waals surface area contributed by atoms with Crippen LogP contribution in [-0.2, 0) is 45.2 Å². The zero-order valence-electron chi connectivity index (χ0n) is 81.3. The van der Waals surface area contributed by atoms with Gasteiger partial charge in [0.1, 0.15) is 0 Å². The van der Waals surface area contributed by atoms with Crippen LogP contribution >= 0.6 is 61.9 Å². The molecular weight excluding hydrogens is 1970 g/mol. The summed E-state index contributed by atoms with van der Waals surface area (Å²) in [7, 11) is -17.0. The number of likely N-dealkylation sites (tertiary alicyclic amines) is 2. The number of anilines is 8. The van der Waals surface area contributed by atoms with E-state index in [1.165, 1.54) is 9.79 Å². The maximum atomic E-state index is 13.8. The number of aliphatic hydroxyl groups is 2. The molecule has 2 aromatic heterocycles. The average molecular weight is 2100 g/mol. The summed E-state index contributed by atoms with van der Waals surface area (Å²) in [6.45, 7) is 24.9. The molecule has 4 fully saturated rings. The van der Waals surface area contributed by atoms with Crippen molar-refractivity contribution in [2.45, 2.75) is 143 Å². The fourth-order valence-electron chi connectivity index (χ4n) is 19.0. The van der Waals surface area contributed by atoms with Gasteiger partial charge in [-0.05, 0) is 278 Å². The Morgan fingerprint density at radius 3 is 1.16 bits per heavy atom. The van der Waals surface area contributed by atoms with E-state index in [-0.39, 0.29) is 51.3 Å². The van der Waals surface area contributed by atoms with Crippen LogP contribution in [0.15, 0.2) is 262 Å². The Morgan fingerprint density at radius 1 is 0.434 bits per heavy atom. The smallest absolute Gasteiger partial charge is 0.362 e. The number of aryl methyl sites for hydroxylation is 2. The number of aromatic nitrogens is 2. The van der Waals surface area contributed by atoms with Crippen molar-refractivity contribution < 1.29 is 74.8 Å². The fraction of sp³-hybridized carbons (Fsp3) is 0.346. The van der Waals surface area contributed by atoms with E-state index in [0.29, 0.717) is 103 Å². The maximum Gasteiger partial charge on any atom is 0.362 e. The minimum absolute atomic E-state index is 0.0833. The summed E-state index contributed by atoms with van der Waals surface area (Å²) in [6.07, 6.45) is 2.52. The lowest BCUT2D eigenvalue weighted by Crippen LogP contribution is -2.46. The van der Waals surface area contributed by atoms with Crippen molar-refractivity contribution in [1.29, 1.82) is 0 Å². The topological polar surface area (TPSA) is 354 Å². The van der Waals surface area contributed by atoms with Crippen LogP contribution in [0.1, 0.15) is 109 Å². The minimum atomic E-state index is -4.64. The standard InChI is InChI=1S/C54H64ClN6O8PS2.C53H62ClN6O8PS2/c1-37(2)61-39(4)51(54(63)69-36-70(64,65)66)52(53(61)40-13-15-42(55)16-14-40)41-9-8-10-46(34-41)60-31-29-59(30-32-60)45-19-17-43(18-20-45)57-72(67,68)49-21-22-50(38(3)33-49)56-44(35-71-48-11-6-5-7-12-48)23-26-58-27-24-47(62)25-28-58;1-4-60-38(3)50(53(62)68-36-69(63,64)65)51(52(60)39-13-15-41(54)16-14-39)40-9-8-10-45(34-40)59-31-29-58(30-32-59)44-19-17-42(18-20-44)56-71(66,67)48-21-22-49(37(2)33-48)55-43(35-70-47-11-6-5-7-12-47)23-26-57-27-24-46(61)25-28-57/h5-22,33-34,37,44,47,56-57,62H,23-32,35-36H2,1-4H3,(H2,64,65,66);5-22,33-34,43,46,55-56,61H,4,23-32,35-36H2,1-3H3,(H2,63,64,65)/t44-;43-/m11/s1. The number of carbonyl (C=O) groups excluding carboxylic acids is 2. The zero-order valence-corrected chi connectivity index (χ0v) is 87.9. The van der Waals surface area contributed by atoms with Gasteiger partial charge in [0.2, 0.25) is 0 Å². The second kappa shape index (κ2) is 48.2. The number of ether oxygens (including phenoxy) is 2. The van der Waals surface area contributed by atoms with Crippen LogP contribution in [0, 0.1) is 27.7 Å². The van der Waals surface area contributed by atoms with Crippen molar-refractivity contribution in [3.05, 3.63) is 286 Å². The molecule has 10 aromatic carbocycles. The molecule has 28 nitrogen and oxygen atoms in total. The van der Waals surface area contributed by atoms with E-state index < -0.39 is 59.9 Å².